The number of amides is 2. The molecule has 0 saturated carbocycles. The molecule has 2 aromatic rings. The largest absolute Gasteiger partial charge is 0.343 e. The molecule has 0 radical (unpaired) electrons. The molecule has 0 aliphatic rings. The van der Waals surface area contributed by atoms with Crippen LogP contribution in [-0.4, -0.2) is 23.3 Å². The predicted molar refractivity (Wildman–Crippen MR) is 95.0 cm³/mol. The van der Waals surface area contributed by atoms with Crippen LogP contribution in [-0.2, 0) is 4.79 Å². The van der Waals surface area contributed by atoms with E-state index in [1.54, 1.807) is 0 Å². The van der Waals surface area contributed by atoms with Gasteiger partial charge in [-0.2, -0.15) is 0 Å². The zero-order valence-electron chi connectivity index (χ0n) is 13.6. The van der Waals surface area contributed by atoms with Crippen molar-refractivity contribution in [3.8, 4) is 0 Å². The number of anilines is 1. The molecule has 0 aliphatic heterocycles. The molecule has 0 aromatic heterocycles. The molecule has 0 saturated heterocycles. The Morgan fingerprint density at radius 2 is 1.80 bits per heavy atom. The van der Waals surface area contributed by atoms with Crippen molar-refractivity contribution in [2.75, 3.05) is 11.9 Å². The molecule has 0 spiro atoms. The van der Waals surface area contributed by atoms with Crippen LogP contribution in [0.2, 0.25) is 5.02 Å². The Morgan fingerprint density at radius 1 is 1.16 bits per heavy atom. The monoisotopic (exact) mass is 361 g/mol. The third-order valence-corrected chi connectivity index (χ3v) is 3.88. The van der Waals surface area contributed by atoms with E-state index in [-0.39, 0.29) is 22.8 Å². The molecule has 2 rings (SSSR count). The fourth-order valence-electron chi connectivity index (χ4n) is 2.25. The van der Waals surface area contributed by atoms with Gasteiger partial charge in [0.25, 0.3) is 11.6 Å². The highest BCUT2D eigenvalue weighted by atomic mass is 35.5. The number of nitrogens with one attached hydrogen (secondary N) is 2. The van der Waals surface area contributed by atoms with Gasteiger partial charge in [-0.15, -0.1) is 0 Å². The third kappa shape index (κ3) is 4.54. The Hall–Kier alpha value is -2.93. The standard InChI is InChI=1S/C17H16ClN3O4/c1-10-4-3-5-11(2)16(10)20-15(22)9-19-17(23)12-6-7-13(18)14(8-12)21(24)25/h3-8H,9H2,1-2H3,(H,19,23)(H,20,22). The van der Waals surface area contributed by atoms with E-state index in [1.165, 1.54) is 12.1 Å². The van der Waals surface area contributed by atoms with Gasteiger partial charge in [0.05, 0.1) is 11.5 Å². The Balaban J connectivity index is 2.01. The van der Waals surface area contributed by atoms with E-state index in [0.29, 0.717) is 5.69 Å². The van der Waals surface area contributed by atoms with E-state index in [0.717, 1.165) is 17.2 Å². The number of halogens is 1. The van der Waals surface area contributed by atoms with E-state index in [2.05, 4.69) is 10.6 Å². The van der Waals surface area contributed by atoms with Gasteiger partial charge in [-0.1, -0.05) is 29.8 Å². The molecule has 2 amide bonds. The summed E-state index contributed by atoms with van der Waals surface area (Å²) in [4.78, 5) is 34.3. The van der Waals surface area contributed by atoms with Crippen LogP contribution in [0.5, 0.6) is 0 Å². The summed E-state index contributed by atoms with van der Waals surface area (Å²) in [6.45, 7) is 3.48. The van der Waals surface area contributed by atoms with Crippen LogP contribution in [0.25, 0.3) is 0 Å². The Bertz CT molecular complexity index is 832. The maximum absolute atomic E-state index is 12.1. The van der Waals surface area contributed by atoms with Gasteiger partial charge in [-0.05, 0) is 37.1 Å². The molecule has 0 fully saturated rings. The Kier molecular flexibility index (Phi) is 5.71. The highest BCUT2D eigenvalue weighted by Gasteiger charge is 2.17. The maximum Gasteiger partial charge on any atom is 0.288 e. The molecule has 25 heavy (non-hydrogen) atoms. The first kappa shape index (κ1) is 18.4. The molecular formula is C17H16ClN3O4. The quantitative estimate of drug-likeness (QED) is 0.630. The zero-order valence-corrected chi connectivity index (χ0v) is 14.4. The first-order valence-electron chi connectivity index (χ1n) is 7.38. The average Bonchev–Trinajstić information content (AvgIpc) is 2.56. The summed E-state index contributed by atoms with van der Waals surface area (Å²) in [5.41, 5.74) is 2.20. The summed E-state index contributed by atoms with van der Waals surface area (Å²) in [7, 11) is 0. The molecule has 0 unspecified atom stereocenters. The van der Waals surface area contributed by atoms with E-state index in [9.17, 15) is 19.7 Å². The number of hydrogen-bond donors (Lipinski definition) is 2. The lowest BCUT2D eigenvalue weighted by Gasteiger charge is -2.12. The fraction of sp³-hybridized carbons (Fsp3) is 0.176. The minimum Gasteiger partial charge on any atom is -0.343 e. The van der Waals surface area contributed by atoms with Crippen LogP contribution in [0.15, 0.2) is 36.4 Å². The molecule has 0 atom stereocenters. The Labute approximate surface area is 149 Å². The van der Waals surface area contributed by atoms with E-state index in [4.69, 9.17) is 11.6 Å². The summed E-state index contributed by atoms with van der Waals surface area (Å²) in [5.74, 6) is -0.995. The van der Waals surface area contributed by atoms with Crippen molar-refractivity contribution in [3.63, 3.8) is 0 Å². The van der Waals surface area contributed by atoms with Crippen molar-refractivity contribution < 1.29 is 14.5 Å². The number of benzene rings is 2. The van der Waals surface area contributed by atoms with Gasteiger partial charge < -0.3 is 10.6 Å². The molecule has 0 heterocycles. The first-order chi connectivity index (χ1) is 11.8. The van der Waals surface area contributed by atoms with Gasteiger partial charge in [-0.25, -0.2) is 0 Å². The number of nitro benzene ring substituents is 1. The van der Waals surface area contributed by atoms with Gasteiger partial charge >= 0.3 is 0 Å². The number of para-hydroxylation sites is 1. The lowest BCUT2D eigenvalue weighted by molar-refractivity contribution is -0.384. The second-order valence-corrected chi connectivity index (χ2v) is 5.83. The van der Waals surface area contributed by atoms with Gasteiger partial charge in [0.15, 0.2) is 0 Å². The number of rotatable bonds is 5. The molecule has 0 bridgehead atoms. The summed E-state index contributed by atoms with van der Waals surface area (Å²) in [5, 5.41) is 16.0. The van der Waals surface area contributed by atoms with Crippen LogP contribution >= 0.6 is 11.6 Å². The highest BCUT2D eigenvalue weighted by molar-refractivity contribution is 6.32. The summed E-state index contributed by atoms with van der Waals surface area (Å²) < 4.78 is 0. The van der Waals surface area contributed by atoms with Gasteiger partial charge in [0, 0.05) is 17.3 Å². The third-order valence-electron chi connectivity index (χ3n) is 3.56. The smallest absolute Gasteiger partial charge is 0.288 e. The predicted octanol–water partition coefficient (Wildman–Crippen LogP) is 3.23. The van der Waals surface area contributed by atoms with Gasteiger partial charge in [0.1, 0.15) is 5.02 Å². The molecule has 8 heteroatoms. The molecule has 2 N–H and O–H groups in total. The van der Waals surface area contributed by atoms with Crippen molar-refractivity contribution in [2.45, 2.75) is 13.8 Å². The van der Waals surface area contributed by atoms with Crippen molar-refractivity contribution in [3.05, 3.63) is 68.2 Å². The Morgan fingerprint density at radius 3 is 2.40 bits per heavy atom. The van der Waals surface area contributed by atoms with Crippen molar-refractivity contribution >= 4 is 34.8 Å². The molecule has 0 aliphatic carbocycles. The zero-order chi connectivity index (χ0) is 18.6. The van der Waals surface area contributed by atoms with Crippen LogP contribution in [0.3, 0.4) is 0 Å². The highest BCUT2D eigenvalue weighted by Crippen LogP contribution is 2.25. The van der Waals surface area contributed by atoms with E-state index in [1.807, 2.05) is 32.0 Å². The average molecular weight is 362 g/mol. The van der Waals surface area contributed by atoms with Crippen LogP contribution in [0, 0.1) is 24.0 Å². The van der Waals surface area contributed by atoms with Crippen molar-refractivity contribution in [1.29, 1.82) is 0 Å². The second kappa shape index (κ2) is 7.76. The minimum absolute atomic E-state index is 0.0518. The number of nitrogens with zero attached hydrogens (tertiary/aromatic N) is 1. The van der Waals surface area contributed by atoms with Crippen molar-refractivity contribution in [1.82, 2.24) is 5.32 Å². The number of nitro groups is 1. The van der Waals surface area contributed by atoms with E-state index >= 15 is 0 Å². The summed E-state index contributed by atoms with van der Waals surface area (Å²) in [6, 6.07) is 9.32. The van der Waals surface area contributed by atoms with Crippen molar-refractivity contribution in [2.24, 2.45) is 0 Å². The fourth-order valence-corrected chi connectivity index (χ4v) is 2.44. The van der Waals surface area contributed by atoms with Crippen LogP contribution in [0.4, 0.5) is 11.4 Å². The second-order valence-electron chi connectivity index (χ2n) is 5.42. The molecule has 2 aromatic carbocycles. The topological polar surface area (TPSA) is 101 Å². The van der Waals surface area contributed by atoms with Gasteiger partial charge in [0.2, 0.25) is 5.91 Å². The minimum atomic E-state index is -0.674. The SMILES string of the molecule is Cc1cccc(C)c1NC(=O)CNC(=O)c1ccc(Cl)c([N+](=O)[O-])c1. The number of carbonyl (C=O) groups excluding carboxylic acids is 2. The maximum atomic E-state index is 12.1. The number of hydrogen-bond acceptors (Lipinski definition) is 4. The van der Waals surface area contributed by atoms with E-state index < -0.39 is 16.7 Å². The van der Waals surface area contributed by atoms with Gasteiger partial charge in [-0.3, -0.25) is 19.7 Å². The first-order valence-corrected chi connectivity index (χ1v) is 7.75. The van der Waals surface area contributed by atoms with Crippen LogP contribution < -0.4 is 10.6 Å². The summed E-state index contributed by atoms with van der Waals surface area (Å²) >= 11 is 5.71. The normalized spacial score (nSPS) is 10.2. The molecule has 7 nitrogen and oxygen atoms in total. The molecular weight excluding hydrogens is 346 g/mol. The number of aryl methyl sites for hydroxylation is 2. The number of carbonyl (C=O) groups is 2. The lowest BCUT2D eigenvalue weighted by Crippen LogP contribution is -2.33. The molecule has 130 valence electrons. The van der Waals surface area contributed by atoms with Crippen LogP contribution in [0.1, 0.15) is 21.5 Å². The summed E-state index contributed by atoms with van der Waals surface area (Å²) in [6.07, 6.45) is 0. The lowest BCUT2D eigenvalue weighted by atomic mass is 10.1.